The largest absolute Gasteiger partial charge is 0.290 e. The quantitative estimate of drug-likeness (QED) is 0.638. The summed E-state index contributed by atoms with van der Waals surface area (Å²) >= 11 is 0. The van der Waals surface area contributed by atoms with Crippen LogP contribution in [0.1, 0.15) is 16.7 Å². The predicted molar refractivity (Wildman–Crippen MR) is 94.2 cm³/mol. The van der Waals surface area contributed by atoms with E-state index in [1.807, 2.05) is 48.5 Å². The van der Waals surface area contributed by atoms with Crippen LogP contribution in [0.15, 0.2) is 84.9 Å². The van der Waals surface area contributed by atoms with Gasteiger partial charge in [-0.25, -0.2) is 4.39 Å². The van der Waals surface area contributed by atoms with Gasteiger partial charge in [-0.15, -0.1) is 0 Å². The first-order chi connectivity index (χ1) is 11.7. The minimum absolute atomic E-state index is 0.369. The van der Waals surface area contributed by atoms with Crippen molar-refractivity contribution in [3.63, 3.8) is 0 Å². The van der Waals surface area contributed by atoms with Gasteiger partial charge in [0, 0.05) is 11.1 Å². The van der Waals surface area contributed by atoms with Crippen LogP contribution in [0.5, 0.6) is 0 Å². The number of rotatable bonds is 2. The van der Waals surface area contributed by atoms with Crippen LogP contribution in [0.4, 0.5) is 4.39 Å². The van der Waals surface area contributed by atoms with E-state index in [0.717, 1.165) is 16.7 Å². The second-order valence-electron chi connectivity index (χ2n) is 5.89. The first-order valence-corrected chi connectivity index (χ1v) is 7.86. The molecule has 0 aliphatic heterocycles. The Bertz CT molecular complexity index is 929. The Kier molecular flexibility index (Phi) is 3.39. The van der Waals surface area contributed by atoms with Gasteiger partial charge in [0.2, 0.25) is 11.5 Å². The van der Waals surface area contributed by atoms with Crippen molar-refractivity contribution in [3.8, 4) is 11.1 Å². The Morgan fingerprint density at radius 3 is 2.08 bits per heavy atom. The van der Waals surface area contributed by atoms with Gasteiger partial charge in [-0.1, -0.05) is 78.9 Å². The number of benzene rings is 3. The summed E-state index contributed by atoms with van der Waals surface area (Å²) in [4.78, 5) is 12.4. The van der Waals surface area contributed by atoms with Crippen molar-refractivity contribution in [1.29, 1.82) is 0 Å². The normalized spacial score (nSPS) is 19.1. The van der Waals surface area contributed by atoms with Crippen LogP contribution >= 0.6 is 0 Å². The van der Waals surface area contributed by atoms with E-state index < -0.39 is 11.5 Å². The number of hydrogen-bond donors (Lipinski definition) is 0. The molecule has 0 saturated carbocycles. The van der Waals surface area contributed by atoms with Gasteiger partial charge in [-0.3, -0.25) is 4.79 Å². The number of carbonyl (C=O) groups is 1. The number of carbonyl (C=O) groups excluding carboxylic acids is 1. The molecule has 0 fully saturated rings. The molecule has 1 unspecified atom stereocenters. The predicted octanol–water partition coefficient (Wildman–Crippen LogP) is 5.16. The lowest BCUT2D eigenvalue weighted by Crippen LogP contribution is -2.33. The highest BCUT2D eigenvalue weighted by Gasteiger charge is 2.43. The van der Waals surface area contributed by atoms with Crippen LogP contribution in [0, 0.1) is 0 Å². The summed E-state index contributed by atoms with van der Waals surface area (Å²) < 4.78 is 15.8. The van der Waals surface area contributed by atoms with E-state index in [1.54, 1.807) is 36.4 Å². The highest BCUT2D eigenvalue weighted by Crippen LogP contribution is 2.41. The zero-order valence-electron chi connectivity index (χ0n) is 12.9. The third-order valence-electron chi connectivity index (χ3n) is 4.46. The third-order valence-corrected chi connectivity index (χ3v) is 4.46. The van der Waals surface area contributed by atoms with Crippen molar-refractivity contribution in [1.82, 2.24) is 0 Å². The van der Waals surface area contributed by atoms with Crippen LogP contribution in [0.2, 0.25) is 0 Å². The van der Waals surface area contributed by atoms with E-state index >= 15 is 4.39 Å². The summed E-state index contributed by atoms with van der Waals surface area (Å²) in [5, 5.41) is 0. The van der Waals surface area contributed by atoms with Crippen LogP contribution in [-0.2, 0) is 10.5 Å². The average Bonchev–Trinajstić information content (AvgIpc) is 2.66. The Balaban J connectivity index is 1.88. The molecule has 0 N–H and O–H groups in total. The molecule has 1 nitrogen and oxygen atoms in total. The average molecular weight is 314 g/mol. The highest BCUT2D eigenvalue weighted by molar-refractivity contribution is 6.06. The van der Waals surface area contributed by atoms with Crippen molar-refractivity contribution in [2.75, 3.05) is 0 Å². The molecule has 0 radical (unpaired) electrons. The molecule has 116 valence electrons. The molecule has 0 amide bonds. The maximum Gasteiger partial charge on any atom is 0.223 e. The molecular formula is C22H15FO. The number of hydrogen-bond acceptors (Lipinski definition) is 1. The second kappa shape index (κ2) is 5.57. The molecule has 4 rings (SSSR count). The van der Waals surface area contributed by atoms with Gasteiger partial charge in [-0.2, -0.15) is 0 Å². The Morgan fingerprint density at radius 1 is 0.708 bits per heavy atom. The molecule has 0 heterocycles. The van der Waals surface area contributed by atoms with Gasteiger partial charge in [0.1, 0.15) is 0 Å². The minimum atomic E-state index is -2.12. The van der Waals surface area contributed by atoms with Crippen molar-refractivity contribution in [3.05, 3.63) is 102 Å². The number of allylic oxidation sites excluding steroid dienone is 1. The molecule has 0 spiro atoms. The molecule has 3 aromatic carbocycles. The van der Waals surface area contributed by atoms with Gasteiger partial charge in [-0.05, 0) is 28.8 Å². The monoisotopic (exact) mass is 314 g/mol. The van der Waals surface area contributed by atoms with E-state index in [9.17, 15) is 4.79 Å². The summed E-state index contributed by atoms with van der Waals surface area (Å²) in [5.74, 6) is -0.534. The summed E-state index contributed by atoms with van der Waals surface area (Å²) in [6.45, 7) is 0. The van der Waals surface area contributed by atoms with E-state index in [2.05, 4.69) is 0 Å². The zero-order valence-corrected chi connectivity index (χ0v) is 12.9. The number of halogens is 1. The topological polar surface area (TPSA) is 17.1 Å². The first kappa shape index (κ1) is 14.6. The smallest absolute Gasteiger partial charge is 0.223 e. The molecule has 2 heteroatoms. The van der Waals surface area contributed by atoms with E-state index in [4.69, 9.17) is 0 Å². The van der Waals surface area contributed by atoms with Crippen molar-refractivity contribution >= 4 is 11.9 Å². The Labute approximate surface area is 140 Å². The van der Waals surface area contributed by atoms with Crippen molar-refractivity contribution in [2.45, 2.75) is 5.67 Å². The van der Waals surface area contributed by atoms with Crippen LogP contribution in [0.3, 0.4) is 0 Å². The first-order valence-electron chi connectivity index (χ1n) is 7.86. The lowest BCUT2D eigenvalue weighted by Gasteiger charge is -2.28. The van der Waals surface area contributed by atoms with Crippen LogP contribution in [0.25, 0.3) is 17.2 Å². The fraction of sp³-hybridized carbons (Fsp3) is 0.0455. The maximum atomic E-state index is 15.8. The molecule has 0 bridgehead atoms. The van der Waals surface area contributed by atoms with Crippen molar-refractivity contribution in [2.24, 2.45) is 0 Å². The van der Waals surface area contributed by atoms with Gasteiger partial charge in [0.25, 0.3) is 0 Å². The van der Waals surface area contributed by atoms with Gasteiger partial charge >= 0.3 is 0 Å². The molecule has 0 saturated heterocycles. The second-order valence-corrected chi connectivity index (χ2v) is 5.89. The Morgan fingerprint density at radius 2 is 1.38 bits per heavy atom. The van der Waals surface area contributed by atoms with E-state index in [0.29, 0.717) is 11.1 Å². The molecular weight excluding hydrogens is 299 g/mol. The minimum Gasteiger partial charge on any atom is -0.290 e. The van der Waals surface area contributed by atoms with Gasteiger partial charge in [0.05, 0.1) is 0 Å². The Hall–Kier alpha value is -3.00. The molecule has 24 heavy (non-hydrogen) atoms. The van der Waals surface area contributed by atoms with Crippen LogP contribution < -0.4 is 0 Å². The van der Waals surface area contributed by atoms with Gasteiger partial charge in [0.15, 0.2) is 0 Å². The van der Waals surface area contributed by atoms with E-state index in [1.165, 1.54) is 6.08 Å². The third kappa shape index (κ3) is 2.19. The lowest BCUT2D eigenvalue weighted by molar-refractivity contribution is -0.123. The highest BCUT2D eigenvalue weighted by atomic mass is 19.1. The fourth-order valence-corrected chi connectivity index (χ4v) is 3.20. The molecule has 1 atom stereocenters. The maximum absolute atomic E-state index is 15.8. The van der Waals surface area contributed by atoms with E-state index in [-0.39, 0.29) is 0 Å². The molecule has 1 aliphatic carbocycles. The van der Waals surface area contributed by atoms with Gasteiger partial charge < -0.3 is 0 Å². The molecule has 0 aromatic heterocycles. The zero-order chi connectivity index (χ0) is 16.6. The fourth-order valence-electron chi connectivity index (χ4n) is 3.20. The number of ketones is 1. The summed E-state index contributed by atoms with van der Waals surface area (Å²) in [7, 11) is 0. The standard InChI is InChI=1S/C22H15FO/c23-22(19-9-5-2-6-10-19)20-13-11-17(16-7-3-1-4-8-16)15-18(20)12-14-21(22)24/h1-15H. The van der Waals surface area contributed by atoms with Crippen molar-refractivity contribution < 1.29 is 9.18 Å². The van der Waals surface area contributed by atoms with Crippen LogP contribution in [-0.4, -0.2) is 5.78 Å². The summed E-state index contributed by atoms with van der Waals surface area (Å²) in [6, 6.07) is 24.1. The molecule has 1 aliphatic rings. The SMILES string of the molecule is O=C1C=Cc2cc(-c3ccccc3)ccc2C1(F)c1ccccc1. The molecule has 3 aromatic rings. The lowest BCUT2D eigenvalue weighted by atomic mass is 9.78. The summed E-state index contributed by atoms with van der Waals surface area (Å²) in [5.41, 5.74) is 1.45. The number of fused-ring (bicyclic) bond motifs is 1. The summed E-state index contributed by atoms with van der Waals surface area (Å²) in [6.07, 6.45) is 3.04. The number of alkyl halides is 1.